The SMILES string of the molecule is COC(=O)[C@H]1C[C@H](NC(=O)Cc2ccc(CCN)cc2)c2c(Cl)cc(Cl)cc2N1.Cl. The molecule has 4 N–H and O–H groups in total. The van der Waals surface area contributed by atoms with Crippen molar-refractivity contribution in [3.05, 3.63) is 63.1 Å². The Bertz CT molecular complexity index is 906. The Morgan fingerprint density at radius 3 is 2.50 bits per heavy atom. The minimum atomic E-state index is -0.608. The highest BCUT2D eigenvalue weighted by Gasteiger charge is 2.34. The van der Waals surface area contributed by atoms with E-state index < -0.39 is 18.1 Å². The monoisotopic (exact) mass is 471 g/mol. The number of esters is 1. The number of amides is 1. The average Bonchev–Trinajstić information content (AvgIpc) is 2.68. The van der Waals surface area contributed by atoms with Crippen LogP contribution in [0.2, 0.25) is 10.0 Å². The van der Waals surface area contributed by atoms with Crippen molar-refractivity contribution < 1.29 is 14.3 Å². The minimum absolute atomic E-state index is 0. The molecular weight excluding hydrogens is 449 g/mol. The fourth-order valence-electron chi connectivity index (χ4n) is 3.51. The summed E-state index contributed by atoms with van der Waals surface area (Å²) in [5.41, 5.74) is 8.91. The standard InChI is InChI=1S/C21H23Cl2N3O3.ClH/c1-29-21(28)18-11-17(20-15(23)9-14(22)10-16(20)25-18)26-19(27)8-13-4-2-12(3-5-13)6-7-24;/h2-5,9-10,17-18,25H,6-8,11,24H2,1H3,(H,26,27);1H/t17-,18+;/m0./s1. The van der Waals surface area contributed by atoms with Crippen molar-refractivity contribution in [3.8, 4) is 0 Å². The molecular formula is C21H24Cl3N3O3. The summed E-state index contributed by atoms with van der Waals surface area (Å²) in [5, 5.41) is 6.96. The number of benzene rings is 2. The van der Waals surface area contributed by atoms with Crippen LogP contribution in [0.4, 0.5) is 5.69 Å². The van der Waals surface area contributed by atoms with Gasteiger partial charge in [-0.3, -0.25) is 4.79 Å². The van der Waals surface area contributed by atoms with Crippen LogP contribution in [0.5, 0.6) is 0 Å². The number of rotatable bonds is 6. The number of hydrogen-bond acceptors (Lipinski definition) is 5. The van der Waals surface area contributed by atoms with Gasteiger partial charge < -0.3 is 21.1 Å². The molecule has 2 atom stereocenters. The number of carbonyl (C=O) groups is 2. The van der Waals surface area contributed by atoms with Gasteiger partial charge >= 0.3 is 5.97 Å². The van der Waals surface area contributed by atoms with Gasteiger partial charge in [0.2, 0.25) is 5.91 Å². The van der Waals surface area contributed by atoms with Crippen molar-refractivity contribution in [2.24, 2.45) is 5.73 Å². The molecule has 1 aliphatic rings. The Kier molecular flexibility index (Phi) is 8.79. The van der Waals surface area contributed by atoms with Crippen LogP contribution in [-0.2, 0) is 27.2 Å². The molecule has 162 valence electrons. The quantitative estimate of drug-likeness (QED) is 0.558. The molecule has 0 aliphatic carbocycles. The van der Waals surface area contributed by atoms with Crippen molar-refractivity contribution in [1.82, 2.24) is 5.32 Å². The molecule has 2 aromatic rings. The van der Waals surface area contributed by atoms with Crippen LogP contribution in [0.15, 0.2) is 36.4 Å². The van der Waals surface area contributed by atoms with Crippen molar-refractivity contribution in [2.45, 2.75) is 31.3 Å². The van der Waals surface area contributed by atoms with Crippen LogP contribution in [-0.4, -0.2) is 31.6 Å². The Balaban J connectivity index is 0.00000320. The number of nitrogens with one attached hydrogen (secondary N) is 2. The van der Waals surface area contributed by atoms with E-state index in [1.807, 2.05) is 24.3 Å². The molecule has 0 saturated heterocycles. The van der Waals surface area contributed by atoms with Crippen molar-refractivity contribution in [2.75, 3.05) is 19.0 Å². The zero-order valence-corrected chi connectivity index (χ0v) is 18.7. The number of methoxy groups -OCH3 is 1. The third-order valence-corrected chi connectivity index (χ3v) is 5.42. The van der Waals surface area contributed by atoms with Gasteiger partial charge in [-0.15, -0.1) is 12.4 Å². The second-order valence-corrected chi connectivity index (χ2v) is 7.80. The van der Waals surface area contributed by atoms with E-state index in [-0.39, 0.29) is 24.7 Å². The van der Waals surface area contributed by atoms with Gasteiger partial charge in [0, 0.05) is 27.7 Å². The van der Waals surface area contributed by atoms with E-state index in [2.05, 4.69) is 10.6 Å². The summed E-state index contributed by atoms with van der Waals surface area (Å²) < 4.78 is 4.86. The van der Waals surface area contributed by atoms with Gasteiger partial charge in [0.15, 0.2) is 0 Å². The lowest BCUT2D eigenvalue weighted by atomic mass is 9.92. The molecule has 0 aromatic heterocycles. The lowest BCUT2D eigenvalue weighted by Crippen LogP contribution is -2.42. The highest BCUT2D eigenvalue weighted by molar-refractivity contribution is 6.35. The van der Waals surface area contributed by atoms with E-state index in [1.54, 1.807) is 12.1 Å². The van der Waals surface area contributed by atoms with Gasteiger partial charge in [-0.1, -0.05) is 47.5 Å². The molecule has 2 aromatic carbocycles. The second kappa shape index (κ2) is 10.9. The highest BCUT2D eigenvalue weighted by Crippen LogP contribution is 2.40. The Morgan fingerprint density at radius 1 is 1.20 bits per heavy atom. The van der Waals surface area contributed by atoms with Crippen molar-refractivity contribution in [3.63, 3.8) is 0 Å². The molecule has 0 bridgehead atoms. The average molecular weight is 473 g/mol. The van der Waals surface area contributed by atoms with Gasteiger partial charge in [-0.05, 0) is 36.2 Å². The number of hydrogen-bond donors (Lipinski definition) is 3. The number of nitrogens with two attached hydrogens (primary N) is 1. The fourth-order valence-corrected chi connectivity index (χ4v) is 4.13. The Morgan fingerprint density at radius 2 is 1.87 bits per heavy atom. The lowest BCUT2D eigenvalue weighted by molar-refractivity contribution is -0.142. The van der Waals surface area contributed by atoms with Crippen LogP contribution >= 0.6 is 35.6 Å². The predicted octanol–water partition coefficient (Wildman–Crippen LogP) is 3.67. The summed E-state index contributed by atoms with van der Waals surface area (Å²) in [4.78, 5) is 24.8. The molecule has 0 saturated carbocycles. The molecule has 9 heteroatoms. The first-order valence-corrected chi connectivity index (χ1v) is 10.1. The van der Waals surface area contributed by atoms with E-state index in [1.165, 1.54) is 7.11 Å². The summed E-state index contributed by atoms with van der Waals surface area (Å²) in [6.45, 7) is 0.584. The van der Waals surface area contributed by atoms with E-state index >= 15 is 0 Å². The molecule has 0 unspecified atom stereocenters. The zero-order chi connectivity index (χ0) is 21.0. The first kappa shape index (κ1) is 24.3. The molecule has 1 heterocycles. The maximum absolute atomic E-state index is 12.7. The number of fused-ring (bicyclic) bond motifs is 1. The van der Waals surface area contributed by atoms with Gasteiger partial charge in [0.25, 0.3) is 0 Å². The van der Waals surface area contributed by atoms with Gasteiger partial charge in [0.05, 0.1) is 19.6 Å². The summed E-state index contributed by atoms with van der Waals surface area (Å²) >= 11 is 12.5. The van der Waals surface area contributed by atoms with Crippen LogP contribution in [0, 0.1) is 0 Å². The topological polar surface area (TPSA) is 93.5 Å². The van der Waals surface area contributed by atoms with E-state index in [0.717, 1.165) is 17.5 Å². The Labute approximate surface area is 191 Å². The van der Waals surface area contributed by atoms with E-state index in [4.69, 9.17) is 33.7 Å². The lowest BCUT2D eigenvalue weighted by Gasteiger charge is -2.33. The highest BCUT2D eigenvalue weighted by atomic mass is 35.5. The van der Waals surface area contributed by atoms with Gasteiger partial charge in [0.1, 0.15) is 6.04 Å². The second-order valence-electron chi connectivity index (χ2n) is 6.96. The smallest absolute Gasteiger partial charge is 0.328 e. The third-order valence-electron chi connectivity index (χ3n) is 4.89. The Hall–Kier alpha value is -1.99. The number of halogens is 3. The van der Waals surface area contributed by atoms with Crippen LogP contribution < -0.4 is 16.4 Å². The predicted molar refractivity (Wildman–Crippen MR) is 122 cm³/mol. The third kappa shape index (κ3) is 5.79. The summed E-state index contributed by atoms with van der Waals surface area (Å²) in [5.74, 6) is -0.578. The molecule has 30 heavy (non-hydrogen) atoms. The van der Waals surface area contributed by atoms with Crippen molar-refractivity contribution >= 4 is 53.2 Å². The maximum atomic E-state index is 12.7. The normalized spacial score (nSPS) is 17.2. The summed E-state index contributed by atoms with van der Waals surface area (Å²) in [6.07, 6.45) is 1.34. The number of carbonyl (C=O) groups excluding carboxylic acids is 2. The molecule has 1 aliphatic heterocycles. The van der Waals surface area contributed by atoms with E-state index in [0.29, 0.717) is 34.3 Å². The van der Waals surface area contributed by atoms with Crippen LogP contribution in [0.3, 0.4) is 0 Å². The van der Waals surface area contributed by atoms with E-state index in [9.17, 15) is 9.59 Å². The molecule has 3 rings (SSSR count). The van der Waals surface area contributed by atoms with Gasteiger partial charge in [-0.2, -0.15) is 0 Å². The fraction of sp³-hybridized carbons (Fsp3) is 0.333. The summed E-state index contributed by atoms with van der Waals surface area (Å²) in [7, 11) is 1.33. The zero-order valence-electron chi connectivity index (χ0n) is 16.4. The molecule has 0 spiro atoms. The largest absolute Gasteiger partial charge is 0.467 e. The van der Waals surface area contributed by atoms with Crippen molar-refractivity contribution in [1.29, 1.82) is 0 Å². The van der Waals surface area contributed by atoms with Crippen LogP contribution in [0.25, 0.3) is 0 Å². The number of anilines is 1. The molecule has 6 nitrogen and oxygen atoms in total. The summed E-state index contributed by atoms with van der Waals surface area (Å²) in [6, 6.07) is 10.1. The molecule has 0 radical (unpaired) electrons. The minimum Gasteiger partial charge on any atom is -0.467 e. The molecule has 1 amide bonds. The van der Waals surface area contributed by atoms with Gasteiger partial charge in [-0.25, -0.2) is 4.79 Å². The number of ether oxygens (including phenoxy) is 1. The maximum Gasteiger partial charge on any atom is 0.328 e. The first-order valence-electron chi connectivity index (χ1n) is 9.31. The molecule has 0 fully saturated rings. The first-order chi connectivity index (χ1) is 13.9. The van der Waals surface area contributed by atoms with Crippen LogP contribution in [0.1, 0.15) is 29.2 Å².